The van der Waals surface area contributed by atoms with Crippen LogP contribution in [0.4, 0.5) is 0 Å². The fraction of sp³-hybridized carbons (Fsp3) is 0.636. The number of aromatic nitrogens is 3. The van der Waals surface area contributed by atoms with Crippen molar-refractivity contribution in [2.24, 2.45) is 0 Å². The highest BCUT2D eigenvalue weighted by atomic mass is 32.2. The van der Waals surface area contributed by atoms with E-state index in [0.29, 0.717) is 23.9 Å². The molecule has 2 aromatic rings. The standard InChI is InChI=1S/C22H32N4O3S/c1-16-23-21(17-10-13-29-14-11-17)26(24-16)19-9-12-25(15-19)30(27,28)20-7-5-18(6-8-20)22(2,3)4/h5-8,17,19H,9-15H2,1-4H3. The molecule has 0 spiro atoms. The molecule has 2 fully saturated rings. The third-order valence-electron chi connectivity index (χ3n) is 6.18. The van der Waals surface area contributed by atoms with Gasteiger partial charge in [0.2, 0.25) is 10.0 Å². The Kier molecular flexibility index (Phi) is 5.76. The van der Waals surface area contributed by atoms with Crippen molar-refractivity contribution in [3.63, 3.8) is 0 Å². The van der Waals surface area contributed by atoms with Crippen molar-refractivity contribution in [2.75, 3.05) is 26.3 Å². The highest BCUT2D eigenvalue weighted by Gasteiger charge is 2.36. The van der Waals surface area contributed by atoms with Crippen LogP contribution in [-0.4, -0.2) is 53.8 Å². The van der Waals surface area contributed by atoms with Crippen LogP contribution in [0.2, 0.25) is 0 Å². The number of hydrogen-bond acceptors (Lipinski definition) is 5. The maximum Gasteiger partial charge on any atom is 0.243 e. The van der Waals surface area contributed by atoms with Crippen molar-refractivity contribution < 1.29 is 13.2 Å². The van der Waals surface area contributed by atoms with Crippen LogP contribution in [0.3, 0.4) is 0 Å². The number of benzene rings is 1. The third-order valence-corrected chi connectivity index (χ3v) is 8.06. The van der Waals surface area contributed by atoms with E-state index in [1.165, 1.54) is 0 Å². The highest BCUT2D eigenvalue weighted by molar-refractivity contribution is 7.89. The van der Waals surface area contributed by atoms with E-state index >= 15 is 0 Å². The van der Waals surface area contributed by atoms with Crippen LogP contribution >= 0.6 is 0 Å². The summed E-state index contributed by atoms with van der Waals surface area (Å²) in [5.74, 6) is 2.06. The Morgan fingerprint density at radius 1 is 1.07 bits per heavy atom. The second-order valence-electron chi connectivity index (χ2n) is 9.43. The number of ether oxygens (including phenoxy) is 1. The first-order chi connectivity index (χ1) is 14.2. The summed E-state index contributed by atoms with van der Waals surface area (Å²) in [5, 5.41) is 4.64. The van der Waals surface area contributed by atoms with Crippen molar-refractivity contribution >= 4 is 10.0 Å². The molecule has 8 heteroatoms. The predicted molar refractivity (Wildman–Crippen MR) is 115 cm³/mol. The van der Waals surface area contributed by atoms with Gasteiger partial charge in [0.1, 0.15) is 11.6 Å². The summed E-state index contributed by atoms with van der Waals surface area (Å²) in [4.78, 5) is 5.04. The Balaban J connectivity index is 1.53. The Morgan fingerprint density at radius 2 is 1.73 bits per heavy atom. The van der Waals surface area contributed by atoms with Gasteiger partial charge in [0.05, 0.1) is 10.9 Å². The average molecular weight is 433 g/mol. The van der Waals surface area contributed by atoms with Gasteiger partial charge in [0, 0.05) is 32.2 Å². The smallest absolute Gasteiger partial charge is 0.243 e. The lowest BCUT2D eigenvalue weighted by Crippen LogP contribution is -2.30. The minimum Gasteiger partial charge on any atom is -0.381 e. The molecule has 1 aromatic heterocycles. The third kappa shape index (κ3) is 4.18. The van der Waals surface area contributed by atoms with Gasteiger partial charge < -0.3 is 4.74 Å². The largest absolute Gasteiger partial charge is 0.381 e. The van der Waals surface area contributed by atoms with Crippen LogP contribution in [0.15, 0.2) is 29.2 Å². The molecule has 0 saturated carbocycles. The van der Waals surface area contributed by atoms with Gasteiger partial charge in [0.25, 0.3) is 0 Å². The first kappa shape index (κ1) is 21.5. The molecule has 2 aliphatic heterocycles. The van der Waals surface area contributed by atoms with E-state index in [4.69, 9.17) is 4.74 Å². The van der Waals surface area contributed by atoms with E-state index in [9.17, 15) is 8.42 Å². The topological polar surface area (TPSA) is 77.3 Å². The molecule has 1 unspecified atom stereocenters. The molecule has 2 aliphatic rings. The molecule has 0 radical (unpaired) electrons. The molecule has 30 heavy (non-hydrogen) atoms. The van der Waals surface area contributed by atoms with E-state index < -0.39 is 10.0 Å². The molecular weight excluding hydrogens is 400 g/mol. The molecule has 7 nitrogen and oxygen atoms in total. The summed E-state index contributed by atoms with van der Waals surface area (Å²) in [5.41, 5.74) is 1.12. The zero-order valence-electron chi connectivity index (χ0n) is 18.3. The molecule has 0 N–H and O–H groups in total. The van der Waals surface area contributed by atoms with Gasteiger partial charge in [-0.3, -0.25) is 0 Å². The van der Waals surface area contributed by atoms with Crippen LogP contribution in [-0.2, 0) is 20.2 Å². The highest BCUT2D eigenvalue weighted by Crippen LogP contribution is 2.33. The maximum atomic E-state index is 13.2. The van der Waals surface area contributed by atoms with E-state index in [1.54, 1.807) is 16.4 Å². The molecule has 1 aromatic carbocycles. The number of aryl methyl sites for hydroxylation is 1. The molecule has 0 amide bonds. The Hall–Kier alpha value is -1.77. The normalized spacial score (nSPS) is 21.9. The lowest BCUT2D eigenvalue weighted by Gasteiger charge is -2.24. The molecule has 4 rings (SSSR count). The van der Waals surface area contributed by atoms with Gasteiger partial charge in [-0.1, -0.05) is 32.9 Å². The molecule has 1 atom stereocenters. The molecular formula is C22H32N4O3S. The second kappa shape index (κ2) is 8.05. The summed E-state index contributed by atoms with van der Waals surface area (Å²) in [7, 11) is -3.52. The van der Waals surface area contributed by atoms with Crippen molar-refractivity contribution in [1.82, 2.24) is 19.1 Å². The summed E-state index contributed by atoms with van der Waals surface area (Å²) in [6, 6.07) is 7.33. The summed E-state index contributed by atoms with van der Waals surface area (Å²) in [6.07, 6.45) is 2.62. The SMILES string of the molecule is Cc1nc(C2CCOCC2)n(C2CCN(S(=O)(=O)c3ccc(C(C)(C)C)cc3)C2)n1. The van der Waals surface area contributed by atoms with Crippen LogP contribution in [0.1, 0.15) is 69.2 Å². The number of rotatable bonds is 4. The first-order valence-corrected chi connectivity index (χ1v) is 12.2. The molecule has 0 aliphatic carbocycles. The summed E-state index contributed by atoms with van der Waals surface area (Å²) >= 11 is 0. The molecule has 2 saturated heterocycles. The van der Waals surface area contributed by atoms with Crippen molar-refractivity contribution in [3.05, 3.63) is 41.5 Å². The van der Waals surface area contributed by atoms with Gasteiger partial charge in [-0.2, -0.15) is 9.40 Å². The van der Waals surface area contributed by atoms with Crippen molar-refractivity contribution in [1.29, 1.82) is 0 Å². The van der Waals surface area contributed by atoms with Crippen molar-refractivity contribution in [3.8, 4) is 0 Å². The maximum absolute atomic E-state index is 13.2. The zero-order valence-corrected chi connectivity index (χ0v) is 19.2. The van der Waals surface area contributed by atoms with Crippen LogP contribution < -0.4 is 0 Å². The quantitative estimate of drug-likeness (QED) is 0.740. The summed E-state index contributed by atoms with van der Waals surface area (Å²) < 4.78 is 35.5. The number of nitrogens with zero attached hydrogens (tertiary/aromatic N) is 4. The predicted octanol–water partition coefficient (Wildman–Crippen LogP) is 3.41. The molecule has 164 valence electrons. The van der Waals surface area contributed by atoms with Crippen LogP contribution in [0.25, 0.3) is 0 Å². The average Bonchev–Trinajstić information content (AvgIpc) is 3.35. The van der Waals surface area contributed by atoms with Crippen LogP contribution in [0.5, 0.6) is 0 Å². The van der Waals surface area contributed by atoms with Gasteiger partial charge in [-0.05, 0) is 49.3 Å². The second-order valence-corrected chi connectivity index (χ2v) is 11.4. The van der Waals surface area contributed by atoms with Gasteiger partial charge >= 0.3 is 0 Å². The van der Waals surface area contributed by atoms with E-state index in [-0.39, 0.29) is 11.5 Å². The zero-order chi connectivity index (χ0) is 21.5. The number of hydrogen-bond donors (Lipinski definition) is 0. The van der Waals surface area contributed by atoms with Gasteiger partial charge in [-0.25, -0.2) is 18.1 Å². The molecule has 0 bridgehead atoms. The minimum atomic E-state index is -3.52. The van der Waals surface area contributed by atoms with Crippen molar-refractivity contribution in [2.45, 2.75) is 69.2 Å². The van der Waals surface area contributed by atoms with Gasteiger partial charge in [0.15, 0.2) is 0 Å². The lowest BCUT2D eigenvalue weighted by atomic mass is 9.87. The minimum absolute atomic E-state index is 0.00740. The lowest BCUT2D eigenvalue weighted by molar-refractivity contribution is 0.0821. The Bertz CT molecular complexity index is 986. The summed E-state index contributed by atoms with van der Waals surface area (Å²) in [6.45, 7) is 10.7. The van der Waals surface area contributed by atoms with E-state index in [0.717, 1.165) is 49.7 Å². The fourth-order valence-corrected chi connectivity index (χ4v) is 5.85. The monoisotopic (exact) mass is 432 g/mol. The van der Waals surface area contributed by atoms with E-state index in [1.807, 2.05) is 23.7 Å². The first-order valence-electron chi connectivity index (χ1n) is 10.8. The Morgan fingerprint density at radius 3 is 2.37 bits per heavy atom. The molecule has 3 heterocycles. The number of sulfonamides is 1. The van der Waals surface area contributed by atoms with E-state index in [2.05, 4.69) is 30.9 Å². The fourth-order valence-electron chi connectivity index (χ4n) is 4.35. The Labute approximate surface area is 179 Å². The van der Waals surface area contributed by atoms with Crippen LogP contribution in [0, 0.1) is 6.92 Å². The van der Waals surface area contributed by atoms with Gasteiger partial charge in [-0.15, -0.1) is 0 Å².